The van der Waals surface area contributed by atoms with Crippen LogP contribution in [-0.2, 0) is 16.9 Å². The third-order valence-electron chi connectivity index (χ3n) is 4.33. The number of aromatic nitrogens is 1. The first kappa shape index (κ1) is 17.2. The van der Waals surface area contributed by atoms with Crippen molar-refractivity contribution in [1.29, 1.82) is 0 Å². The van der Waals surface area contributed by atoms with Crippen LogP contribution in [0.25, 0.3) is 0 Å². The first-order valence-corrected chi connectivity index (χ1v) is 8.00. The van der Waals surface area contributed by atoms with Crippen LogP contribution in [0.15, 0.2) is 30.3 Å². The van der Waals surface area contributed by atoms with Crippen molar-refractivity contribution in [2.45, 2.75) is 25.0 Å². The maximum atomic E-state index is 12.6. The Labute approximate surface area is 146 Å². The van der Waals surface area contributed by atoms with Gasteiger partial charge in [0.1, 0.15) is 11.6 Å². The van der Waals surface area contributed by atoms with Gasteiger partial charge in [0.15, 0.2) is 0 Å². The molecular weight excluding hydrogens is 320 g/mol. The van der Waals surface area contributed by atoms with E-state index in [1.54, 1.807) is 32.4 Å². The summed E-state index contributed by atoms with van der Waals surface area (Å²) in [4.78, 5) is 16.8. The van der Waals surface area contributed by atoms with E-state index in [1.165, 1.54) is 0 Å². The Morgan fingerprint density at radius 1 is 1.28 bits per heavy atom. The summed E-state index contributed by atoms with van der Waals surface area (Å²) in [6, 6.07) is 8.93. The number of benzene rings is 1. The third kappa shape index (κ3) is 3.57. The van der Waals surface area contributed by atoms with Crippen LogP contribution in [-0.4, -0.2) is 25.1 Å². The summed E-state index contributed by atoms with van der Waals surface area (Å²) in [5, 5.41) is 2.84. The topological polar surface area (TPSA) is 112 Å². The molecule has 0 spiro atoms. The van der Waals surface area contributed by atoms with E-state index >= 15 is 0 Å². The fraction of sp³-hybridized carbons (Fsp3) is 0.333. The predicted molar refractivity (Wildman–Crippen MR) is 95.4 cm³/mol. The molecule has 1 heterocycles. The summed E-state index contributed by atoms with van der Waals surface area (Å²) in [6.45, 7) is 0.334. The summed E-state index contributed by atoms with van der Waals surface area (Å²) in [6.07, 6.45) is 1.87. The molecule has 7 nitrogen and oxygen atoms in total. The van der Waals surface area contributed by atoms with Crippen molar-refractivity contribution < 1.29 is 14.3 Å². The van der Waals surface area contributed by atoms with Gasteiger partial charge in [-0.2, -0.15) is 0 Å². The minimum absolute atomic E-state index is 0.152. The van der Waals surface area contributed by atoms with E-state index in [9.17, 15) is 4.79 Å². The molecule has 1 amide bonds. The molecule has 0 radical (unpaired) electrons. The summed E-state index contributed by atoms with van der Waals surface area (Å²) in [5.41, 5.74) is 14.3. The fourth-order valence-corrected chi connectivity index (χ4v) is 2.67. The number of rotatable bonds is 6. The number of nitrogens with two attached hydrogens (primary N) is 2. The minimum atomic E-state index is -0.355. The smallest absolute Gasteiger partial charge is 0.259 e. The molecule has 0 bridgehead atoms. The van der Waals surface area contributed by atoms with Gasteiger partial charge in [0, 0.05) is 12.6 Å². The lowest BCUT2D eigenvalue weighted by Gasteiger charge is -2.15. The van der Waals surface area contributed by atoms with E-state index < -0.39 is 0 Å². The van der Waals surface area contributed by atoms with E-state index in [0.717, 1.165) is 18.4 Å². The molecule has 25 heavy (non-hydrogen) atoms. The Bertz CT molecular complexity index is 803. The van der Waals surface area contributed by atoms with Crippen LogP contribution in [0.2, 0.25) is 0 Å². The zero-order valence-electron chi connectivity index (χ0n) is 14.3. The zero-order valence-corrected chi connectivity index (χ0v) is 14.3. The van der Waals surface area contributed by atoms with Crippen LogP contribution in [0.3, 0.4) is 0 Å². The lowest BCUT2D eigenvalue weighted by Crippen LogP contribution is -2.20. The van der Waals surface area contributed by atoms with E-state index in [4.69, 9.17) is 20.9 Å². The third-order valence-corrected chi connectivity index (χ3v) is 4.33. The molecule has 0 atom stereocenters. The van der Waals surface area contributed by atoms with Gasteiger partial charge in [-0.1, -0.05) is 6.07 Å². The van der Waals surface area contributed by atoms with Gasteiger partial charge in [-0.3, -0.25) is 4.79 Å². The maximum Gasteiger partial charge on any atom is 0.259 e. The number of ether oxygens (including phenoxy) is 2. The van der Waals surface area contributed by atoms with Gasteiger partial charge in [-0.05, 0) is 42.7 Å². The predicted octanol–water partition coefficient (Wildman–Crippen LogP) is 2.02. The molecule has 0 unspecified atom stereocenters. The molecular formula is C18H22N4O3. The largest absolute Gasteiger partial charge is 0.495 e. The quantitative estimate of drug-likeness (QED) is 0.740. The molecule has 1 aromatic carbocycles. The molecule has 1 saturated carbocycles. The highest BCUT2D eigenvalue weighted by atomic mass is 16.5. The van der Waals surface area contributed by atoms with Gasteiger partial charge >= 0.3 is 0 Å². The second-order valence-corrected chi connectivity index (χ2v) is 6.19. The SMILES string of the molecule is COCc1ccc(C(=O)Nc2cc(C3(N)CC3)ccc2OC)c(N)n1. The zero-order chi connectivity index (χ0) is 18.0. The van der Waals surface area contributed by atoms with Crippen molar-refractivity contribution in [3.63, 3.8) is 0 Å². The summed E-state index contributed by atoms with van der Waals surface area (Å²) < 4.78 is 10.3. The van der Waals surface area contributed by atoms with E-state index in [0.29, 0.717) is 29.3 Å². The second-order valence-electron chi connectivity index (χ2n) is 6.19. The number of carbonyl (C=O) groups is 1. The first-order chi connectivity index (χ1) is 12.0. The molecule has 0 aliphatic heterocycles. The Kier molecular flexibility index (Phi) is 4.61. The maximum absolute atomic E-state index is 12.6. The average Bonchev–Trinajstić information content (AvgIpc) is 3.34. The van der Waals surface area contributed by atoms with Gasteiger partial charge in [-0.15, -0.1) is 0 Å². The summed E-state index contributed by atoms with van der Waals surface area (Å²) >= 11 is 0. The number of hydrogen-bond donors (Lipinski definition) is 3. The van der Waals surface area contributed by atoms with Crippen LogP contribution in [0, 0.1) is 0 Å². The first-order valence-electron chi connectivity index (χ1n) is 8.00. The van der Waals surface area contributed by atoms with Crippen LogP contribution in [0.1, 0.15) is 34.5 Å². The Hall–Kier alpha value is -2.64. The van der Waals surface area contributed by atoms with Crippen molar-refractivity contribution in [1.82, 2.24) is 4.98 Å². The van der Waals surface area contributed by atoms with Crippen molar-refractivity contribution in [3.05, 3.63) is 47.2 Å². The molecule has 1 aliphatic rings. The number of nitrogens with zero attached hydrogens (tertiary/aromatic N) is 1. The average molecular weight is 342 g/mol. The second kappa shape index (κ2) is 6.70. The molecule has 0 saturated heterocycles. The van der Waals surface area contributed by atoms with Crippen LogP contribution in [0.4, 0.5) is 11.5 Å². The van der Waals surface area contributed by atoms with Gasteiger partial charge in [0.05, 0.1) is 30.7 Å². The molecule has 1 aromatic heterocycles. The number of nitrogens with one attached hydrogen (secondary N) is 1. The van der Waals surface area contributed by atoms with Crippen molar-refractivity contribution in [2.75, 3.05) is 25.3 Å². The number of amides is 1. The standard InChI is InChI=1S/C18H22N4O3/c1-24-10-12-4-5-13(16(19)21-12)17(23)22-14-9-11(18(20)7-8-18)3-6-15(14)25-2/h3-6,9H,7-8,10,20H2,1-2H3,(H2,19,21)(H,22,23). The van der Waals surface area contributed by atoms with E-state index in [-0.39, 0.29) is 17.3 Å². The van der Waals surface area contributed by atoms with Crippen molar-refractivity contribution in [2.24, 2.45) is 5.73 Å². The van der Waals surface area contributed by atoms with Crippen LogP contribution >= 0.6 is 0 Å². The minimum Gasteiger partial charge on any atom is -0.495 e. The molecule has 1 aliphatic carbocycles. The van der Waals surface area contributed by atoms with Gasteiger partial charge < -0.3 is 26.3 Å². The molecule has 1 fully saturated rings. The number of anilines is 2. The number of carbonyl (C=O) groups excluding carboxylic acids is 1. The van der Waals surface area contributed by atoms with Gasteiger partial charge in [0.25, 0.3) is 5.91 Å². The van der Waals surface area contributed by atoms with Gasteiger partial charge in [-0.25, -0.2) is 4.98 Å². The Morgan fingerprint density at radius 2 is 2.04 bits per heavy atom. The Morgan fingerprint density at radius 3 is 2.64 bits per heavy atom. The van der Waals surface area contributed by atoms with Crippen molar-refractivity contribution >= 4 is 17.4 Å². The highest BCUT2D eigenvalue weighted by Gasteiger charge is 2.40. The molecule has 132 valence electrons. The number of nitrogen functional groups attached to an aromatic ring is 1. The van der Waals surface area contributed by atoms with E-state index in [1.807, 2.05) is 12.1 Å². The normalized spacial score (nSPS) is 14.8. The lowest BCUT2D eigenvalue weighted by molar-refractivity contribution is 0.102. The molecule has 5 N–H and O–H groups in total. The Balaban J connectivity index is 1.85. The fourth-order valence-electron chi connectivity index (χ4n) is 2.67. The van der Waals surface area contributed by atoms with Crippen molar-refractivity contribution in [3.8, 4) is 5.75 Å². The number of methoxy groups -OCH3 is 2. The summed E-state index contributed by atoms with van der Waals surface area (Å²) in [5.74, 6) is 0.356. The van der Waals surface area contributed by atoms with Gasteiger partial charge in [0.2, 0.25) is 0 Å². The van der Waals surface area contributed by atoms with Crippen LogP contribution < -0.4 is 21.5 Å². The number of hydrogen-bond acceptors (Lipinski definition) is 6. The highest BCUT2D eigenvalue weighted by molar-refractivity contribution is 6.07. The van der Waals surface area contributed by atoms with Crippen LogP contribution in [0.5, 0.6) is 5.75 Å². The molecule has 2 aromatic rings. The monoisotopic (exact) mass is 342 g/mol. The molecule has 3 rings (SSSR count). The highest BCUT2D eigenvalue weighted by Crippen LogP contribution is 2.44. The summed E-state index contributed by atoms with van der Waals surface area (Å²) in [7, 11) is 3.12. The van der Waals surface area contributed by atoms with E-state index in [2.05, 4.69) is 10.3 Å². The molecule has 7 heteroatoms. The lowest BCUT2D eigenvalue weighted by atomic mass is 10.0. The number of pyridine rings is 1.